The van der Waals surface area contributed by atoms with Crippen molar-refractivity contribution in [3.05, 3.63) is 23.9 Å². The van der Waals surface area contributed by atoms with E-state index >= 15 is 0 Å². The number of hydrogen-bond donors (Lipinski definition) is 2. The number of hydrogen-bond acceptors (Lipinski definition) is 5. The van der Waals surface area contributed by atoms with Crippen molar-refractivity contribution in [2.45, 2.75) is 64.5 Å². The van der Waals surface area contributed by atoms with E-state index in [0.29, 0.717) is 18.6 Å². The Morgan fingerprint density at radius 3 is 2.73 bits per heavy atom. The molecule has 0 bridgehead atoms. The van der Waals surface area contributed by atoms with Crippen LogP contribution in [0.2, 0.25) is 0 Å². The summed E-state index contributed by atoms with van der Waals surface area (Å²) < 4.78 is 17.1. The number of aromatic nitrogens is 1. The lowest BCUT2D eigenvalue weighted by molar-refractivity contribution is 0.0203. The molecular weight excluding hydrogens is 380 g/mol. The van der Waals surface area contributed by atoms with Crippen LogP contribution in [0.4, 0.5) is 0 Å². The fraction of sp³-hybridized carbons (Fsp3) is 0.739. The molecule has 2 N–H and O–H groups in total. The molecule has 0 atom stereocenters. The van der Waals surface area contributed by atoms with Crippen molar-refractivity contribution in [1.29, 1.82) is 0 Å². The van der Waals surface area contributed by atoms with Gasteiger partial charge in [-0.15, -0.1) is 0 Å². The summed E-state index contributed by atoms with van der Waals surface area (Å²) in [6, 6.07) is 4.01. The van der Waals surface area contributed by atoms with E-state index in [4.69, 9.17) is 14.2 Å². The molecule has 0 spiro atoms. The van der Waals surface area contributed by atoms with Crippen LogP contribution < -0.4 is 15.4 Å². The van der Waals surface area contributed by atoms with E-state index in [1.807, 2.05) is 12.3 Å². The maximum absolute atomic E-state index is 5.93. The lowest BCUT2D eigenvalue weighted by Crippen LogP contribution is -2.38. The van der Waals surface area contributed by atoms with E-state index in [2.05, 4.69) is 33.6 Å². The molecule has 0 aromatic carbocycles. The van der Waals surface area contributed by atoms with Crippen LogP contribution in [0.25, 0.3) is 0 Å². The van der Waals surface area contributed by atoms with Crippen molar-refractivity contribution in [2.24, 2.45) is 10.9 Å². The van der Waals surface area contributed by atoms with Crippen molar-refractivity contribution in [1.82, 2.24) is 15.6 Å². The van der Waals surface area contributed by atoms with Gasteiger partial charge >= 0.3 is 0 Å². The first-order valence-corrected chi connectivity index (χ1v) is 11.6. The fourth-order valence-electron chi connectivity index (χ4n) is 3.81. The van der Waals surface area contributed by atoms with Crippen LogP contribution in [-0.2, 0) is 16.0 Å². The largest absolute Gasteiger partial charge is 0.474 e. The predicted molar refractivity (Wildman–Crippen MR) is 119 cm³/mol. The zero-order valence-electron chi connectivity index (χ0n) is 18.4. The Morgan fingerprint density at radius 1 is 1.17 bits per heavy atom. The maximum Gasteiger partial charge on any atom is 0.213 e. The van der Waals surface area contributed by atoms with Crippen molar-refractivity contribution in [2.75, 3.05) is 39.5 Å². The average molecular weight is 419 g/mol. The highest BCUT2D eigenvalue weighted by molar-refractivity contribution is 5.79. The topological polar surface area (TPSA) is 77.0 Å². The summed E-state index contributed by atoms with van der Waals surface area (Å²) >= 11 is 0. The number of rotatable bonds is 11. The van der Waals surface area contributed by atoms with Crippen LogP contribution in [0.1, 0.15) is 57.4 Å². The minimum Gasteiger partial charge on any atom is -0.474 e. The van der Waals surface area contributed by atoms with Gasteiger partial charge in [0, 0.05) is 51.8 Å². The molecular formula is C23H38N4O3. The maximum atomic E-state index is 5.93. The first kappa shape index (κ1) is 22.8. The molecule has 0 amide bonds. The number of nitrogens with one attached hydrogen (secondary N) is 2. The van der Waals surface area contributed by atoms with Gasteiger partial charge in [0.25, 0.3) is 0 Å². The van der Waals surface area contributed by atoms with Crippen LogP contribution in [0, 0.1) is 5.92 Å². The summed E-state index contributed by atoms with van der Waals surface area (Å²) in [6.45, 7) is 7.72. The van der Waals surface area contributed by atoms with Gasteiger partial charge in [-0.2, -0.15) is 0 Å². The molecule has 1 saturated carbocycles. The third kappa shape index (κ3) is 8.48. The van der Waals surface area contributed by atoms with Gasteiger partial charge in [-0.25, -0.2) is 9.98 Å². The van der Waals surface area contributed by atoms with Crippen molar-refractivity contribution in [3.8, 4) is 5.88 Å². The van der Waals surface area contributed by atoms with Crippen molar-refractivity contribution in [3.63, 3.8) is 0 Å². The van der Waals surface area contributed by atoms with E-state index in [0.717, 1.165) is 89.0 Å². The number of pyridine rings is 1. The number of ether oxygens (including phenoxy) is 3. The number of guanidine groups is 1. The van der Waals surface area contributed by atoms with Crippen molar-refractivity contribution < 1.29 is 14.2 Å². The van der Waals surface area contributed by atoms with Gasteiger partial charge < -0.3 is 24.8 Å². The highest BCUT2D eigenvalue weighted by atomic mass is 16.5. The molecule has 2 fully saturated rings. The molecule has 3 rings (SSSR count). The fourth-order valence-corrected chi connectivity index (χ4v) is 3.81. The summed E-state index contributed by atoms with van der Waals surface area (Å²) in [5.41, 5.74) is 1.07. The lowest BCUT2D eigenvalue weighted by Gasteiger charge is -2.21. The van der Waals surface area contributed by atoms with Gasteiger partial charge in [0.2, 0.25) is 5.88 Å². The standard InChI is InChI=1S/C23H38N4O3/c1-2-24-23(25-12-5-13-29-18-19-10-14-28-15-11-19)27-17-20-8-9-22(26-16-20)30-21-6-3-4-7-21/h8-9,16,19,21H,2-7,10-15,17-18H2,1H3,(H2,24,25,27). The van der Waals surface area contributed by atoms with E-state index in [1.165, 1.54) is 12.8 Å². The highest BCUT2D eigenvalue weighted by Gasteiger charge is 2.16. The highest BCUT2D eigenvalue weighted by Crippen LogP contribution is 2.23. The van der Waals surface area contributed by atoms with Crippen LogP contribution >= 0.6 is 0 Å². The number of aliphatic imine (C=N–C) groups is 1. The normalized spacial score (nSPS) is 18.5. The zero-order chi connectivity index (χ0) is 20.9. The summed E-state index contributed by atoms with van der Waals surface area (Å²) in [5, 5.41) is 6.68. The molecule has 1 aromatic heterocycles. The quantitative estimate of drug-likeness (QED) is 0.326. The summed E-state index contributed by atoms with van der Waals surface area (Å²) in [4.78, 5) is 9.11. The first-order chi connectivity index (χ1) is 14.8. The zero-order valence-corrected chi connectivity index (χ0v) is 18.4. The molecule has 1 aromatic rings. The SMILES string of the molecule is CCNC(=NCc1ccc(OC2CCCC2)nc1)NCCCOCC1CCOCC1. The summed E-state index contributed by atoms with van der Waals surface area (Å²) in [6.07, 6.45) is 10.2. The first-order valence-electron chi connectivity index (χ1n) is 11.6. The van der Waals surface area contributed by atoms with Crippen LogP contribution in [0.5, 0.6) is 5.88 Å². The summed E-state index contributed by atoms with van der Waals surface area (Å²) in [5.74, 6) is 2.21. The van der Waals surface area contributed by atoms with Gasteiger partial charge in [0.15, 0.2) is 5.96 Å². The Balaban J connectivity index is 1.33. The molecule has 1 aliphatic heterocycles. The van der Waals surface area contributed by atoms with Crippen LogP contribution in [0.3, 0.4) is 0 Å². The Bertz CT molecular complexity index is 611. The molecule has 2 aliphatic rings. The number of nitrogens with zero attached hydrogens (tertiary/aromatic N) is 2. The monoisotopic (exact) mass is 418 g/mol. The smallest absolute Gasteiger partial charge is 0.213 e. The van der Waals surface area contributed by atoms with Gasteiger partial charge in [0.1, 0.15) is 6.10 Å². The van der Waals surface area contributed by atoms with Gasteiger partial charge in [0.05, 0.1) is 6.54 Å². The Kier molecular flexibility index (Phi) is 10.2. The second-order valence-corrected chi connectivity index (χ2v) is 8.14. The third-order valence-electron chi connectivity index (χ3n) is 5.60. The molecule has 168 valence electrons. The minimum absolute atomic E-state index is 0.339. The molecule has 1 saturated heterocycles. The Labute approximate surface area is 181 Å². The second-order valence-electron chi connectivity index (χ2n) is 8.14. The Morgan fingerprint density at radius 2 is 2.00 bits per heavy atom. The molecule has 7 heteroatoms. The Hall–Kier alpha value is -1.86. The van der Waals surface area contributed by atoms with E-state index in [9.17, 15) is 0 Å². The molecule has 30 heavy (non-hydrogen) atoms. The second kappa shape index (κ2) is 13.4. The predicted octanol–water partition coefficient (Wildman–Crippen LogP) is 3.29. The molecule has 1 aliphatic carbocycles. The molecule has 7 nitrogen and oxygen atoms in total. The van der Waals surface area contributed by atoms with Gasteiger partial charge in [-0.3, -0.25) is 0 Å². The summed E-state index contributed by atoms with van der Waals surface area (Å²) in [7, 11) is 0. The van der Waals surface area contributed by atoms with E-state index in [-0.39, 0.29) is 0 Å². The van der Waals surface area contributed by atoms with Crippen molar-refractivity contribution >= 4 is 5.96 Å². The van der Waals surface area contributed by atoms with E-state index in [1.54, 1.807) is 0 Å². The average Bonchev–Trinajstić information content (AvgIpc) is 3.29. The molecule has 0 unspecified atom stereocenters. The van der Waals surface area contributed by atoms with Crippen LogP contribution in [-0.4, -0.2) is 56.6 Å². The minimum atomic E-state index is 0.339. The van der Waals surface area contributed by atoms with Crippen LogP contribution in [0.15, 0.2) is 23.3 Å². The third-order valence-corrected chi connectivity index (χ3v) is 5.60. The lowest BCUT2D eigenvalue weighted by atomic mass is 10.0. The van der Waals surface area contributed by atoms with Gasteiger partial charge in [-0.1, -0.05) is 6.07 Å². The molecule has 2 heterocycles. The van der Waals surface area contributed by atoms with Gasteiger partial charge in [-0.05, 0) is 63.4 Å². The van der Waals surface area contributed by atoms with E-state index < -0.39 is 0 Å². The molecule has 0 radical (unpaired) electrons.